The molecule has 0 bridgehead atoms. The number of fused-ring (bicyclic) bond motifs is 1. The van der Waals surface area contributed by atoms with E-state index in [4.69, 9.17) is 0 Å². The molecule has 0 aliphatic carbocycles. The summed E-state index contributed by atoms with van der Waals surface area (Å²) in [5, 5.41) is 12.1. The number of pyridine rings is 1. The fourth-order valence-corrected chi connectivity index (χ4v) is 3.48. The fourth-order valence-electron chi connectivity index (χ4n) is 2.38. The van der Waals surface area contributed by atoms with Crippen LogP contribution in [0.25, 0.3) is 10.9 Å². The molecule has 0 amide bonds. The topological polar surface area (TPSA) is 56.0 Å². The SMILES string of the molecule is Cc1c(CSc2ccnc3ccccc23)cccc1[N+](=O)[O-]. The van der Waals surface area contributed by atoms with Gasteiger partial charge in [0.25, 0.3) is 5.69 Å². The summed E-state index contributed by atoms with van der Waals surface area (Å²) in [6.07, 6.45) is 1.80. The maximum atomic E-state index is 11.0. The van der Waals surface area contributed by atoms with E-state index in [-0.39, 0.29) is 10.6 Å². The Morgan fingerprint density at radius 3 is 2.77 bits per heavy atom. The van der Waals surface area contributed by atoms with Gasteiger partial charge in [-0.15, -0.1) is 11.8 Å². The molecule has 110 valence electrons. The first kappa shape index (κ1) is 14.5. The maximum absolute atomic E-state index is 11.0. The highest BCUT2D eigenvalue weighted by molar-refractivity contribution is 7.98. The predicted octanol–water partition coefficient (Wildman–Crippen LogP) is 4.74. The van der Waals surface area contributed by atoms with Crippen molar-refractivity contribution in [2.24, 2.45) is 0 Å². The quantitative estimate of drug-likeness (QED) is 0.396. The van der Waals surface area contributed by atoms with Gasteiger partial charge in [0.1, 0.15) is 0 Å². The number of benzene rings is 2. The second-order valence-corrected chi connectivity index (χ2v) is 5.95. The number of aromatic nitrogens is 1. The Labute approximate surface area is 132 Å². The molecule has 1 heterocycles. The Bertz CT molecular complexity index is 844. The van der Waals surface area contributed by atoms with Gasteiger partial charge in [0.15, 0.2) is 0 Å². The molecule has 2 aromatic carbocycles. The van der Waals surface area contributed by atoms with Gasteiger partial charge in [-0.05, 0) is 24.6 Å². The Balaban J connectivity index is 1.89. The summed E-state index contributed by atoms with van der Waals surface area (Å²) in [7, 11) is 0. The highest BCUT2D eigenvalue weighted by Gasteiger charge is 2.13. The minimum atomic E-state index is -0.328. The number of rotatable bonds is 4. The second-order valence-electron chi connectivity index (χ2n) is 4.93. The molecule has 5 heteroatoms. The number of nitrogens with zero attached hydrogens (tertiary/aromatic N) is 2. The molecule has 3 rings (SSSR count). The summed E-state index contributed by atoms with van der Waals surface area (Å²) in [6, 6.07) is 15.2. The highest BCUT2D eigenvalue weighted by Crippen LogP contribution is 2.31. The average molecular weight is 310 g/mol. The van der Waals surface area contributed by atoms with Crippen molar-refractivity contribution in [2.75, 3.05) is 0 Å². The van der Waals surface area contributed by atoms with Crippen LogP contribution in [0.1, 0.15) is 11.1 Å². The van der Waals surface area contributed by atoms with Gasteiger partial charge in [-0.2, -0.15) is 0 Å². The fraction of sp³-hybridized carbons (Fsp3) is 0.118. The molecular weight excluding hydrogens is 296 g/mol. The monoisotopic (exact) mass is 310 g/mol. The maximum Gasteiger partial charge on any atom is 0.272 e. The van der Waals surface area contributed by atoms with Gasteiger partial charge in [-0.3, -0.25) is 15.1 Å². The van der Waals surface area contributed by atoms with Crippen LogP contribution in [0.2, 0.25) is 0 Å². The Kier molecular flexibility index (Phi) is 4.06. The lowest BCUT2D eigenvalue weighted by Crippen LogP contribution is -1.95. The molecule has 4 nitrogen and oxygen atoms in total. The molecule has 0 saturated heterocycles. The number of thioether (sulfide) groups is 1. The molecular formula is C17H14N2O2S. The van der Waals surface area contributed by atoms with Crippen LogP contribution >= 0.6 is 11.8 Å². The van der Waals surface area contributed by atoms with E-state index >= 15 is 0 Å². The van der Waals surface area contributed by atoms with E-state index in [1.54, 1.807) is 37.0 Å². The molecule has 1 aromatic heterocycles. The van der Waals surface area contributed by atoms with Gasteiger partial charge in [-0.1, -0.05) is 30.3 Å². The van der Waals surface area contributed by atoms with E-state index in [0.717, 1.165) is 26.9 Å². The summed E-state index contributed by atoms with van der Waals surface area (Å²) in [5.74, 6) is 0.696. The first-order valence-electron chi connectivity index (χ1n) is 6.86. The van der Waals surface area contributed by atoms with E-state index in [2.05, 4.69) is 4.98 Å². The number of hydrogen-bond donors (Lipinski definition) is 0. The van der Waals surface area contributed by atoms with Crippen molar-refractivity contribution >= 4 is 28.4 Å². The van der Waals surface area contributed by atoms with E-state index in [0.29, 0.717) is 5.75 Å². The third kappa shape index (κ3) is 2.80. The van der Waals surface area contributed by atoms with Gasteiger partial charge < -0.3 is 0 Å². The molecule has 0 spiro atoms. The minimum Gasteiger partial charge on any atom is -0.258 e. The summed E-state index contributed by atoms with van der Waals surface area (Å²) in [4.78, 5) is 16.2. The molecule has 0 unspecified atom stereocenters. The highest BCUT2D eigenvalue weighted by atomic mass is 32.2. The molecule has 0 saturated carbocycles. The van der Waals surface area contributed by atoms with E-state index in [9.17, 15) is 10.1 Å². The molecule has 0 N–H and O–H groups in total. The number of nitro benzene ring substituents is 1. The lowest BCUT2D eigenvalue weighted by molar-refractivity contribution is -0.385. The molecule has 0 radical (unpaired) electrons. The molecule has 0 fully saturated rings. The van der Waals surface area contributed by atoms with E-state index in [1.807, 2.05) is 36.4 Å². The van der Waals surface area contributed by atoms with Crippen LogP contribution in [0.15, 0.2) is 59.6 Å². The summed E-state index contributed by atoms with van der Waals surface area (Å²) >= 11 is 1.67. The van der Waals surface area contributed by atoms with Crippen molar-refractivity contribution in [3.63, 3.8) is 0 Å². The second kappa shape index (κ2) is 6.15. The van der Waals surface area contributed by atoms with Crippen molar-refractivity contribution in [3.8, 4) is 0 Å². The number of nitro groups is 1. The first-order chi connectivity index (χ1) is 10.7. The molecule has 0 aliphatic rings. The van der Waals surface area contributed by atoms with E-state index < -0.39 is 0 Å². The third-order valence-corrected chi connectivity index (χ3v) is 4.73. The first-order valence-corrected chi connectivity index (χ1v) is 7.85. The van der Waals surface area contributed by atoms with Gasteiger partial charge in [-0.25, -0.2) is 0 Å². The summed E-state index contributed by atoms with van der Waals surface area (Å²) in [5.41, 5.74) is 2.86. The normalized spacial score (nSPS) is 10.8. The van der Waals surface area contributed by atoms with Crippen LogP contribution in [-0.4, -0.2) is 9.91 Å². The van der Waals surface area contributed by atoms with E-state index in [1.165, 1.54) is 0 Å². The third-order valence-electron chi connectivity index (χ3n) is 3.61. The minimum absolute atomic E-state index is 0.178. The van der Waals surface area contributed by atoms with Crippen LogP contribution in [0, 0.1) is 17.0 Å². The van der Waals surface area contributed by atoms with Crippen molar-refractivity contribution in [2.45, 2.75) is 17.6 Å². The van der Waals surface area contributed by atoms with Crippen LogP contribution in [0.4, 0.5) is 5.69 Å². The lowest BCUT2D eigenvalue weighted by atomic mass is 10.1. The largest absolute Gasteiger partial charge is 0.272 e. The zero-order valence-corrected chi connectivity index (χ0v) is 12.8. The van der Waals surface area contributed by atoms with Crippen molar-refractivity contribution in [1.29, 1.82) is 0 Å². The van der Waals surface area contributed by atoms with Crippen molar-refractivity contribution in [3.05, 3.63) is 76.0 Å². The van der Waals surface area contributed by atoms with Gasteiger partial charge >= 0.3 is 0 Å². The van der Waals surface area contributed by atoms with Crippen LogP contribution < -0.4 is 0 Å². The summed E-state index contributed by atoms with van der Waals surface area (Å²) < 4.78 is 0. The predicted molar refractivity (Wildman–Crippen MR) is 89.1 cm³/mol. The molecule has 22 heavy (non-hydrogen) atoms. The van der Waals surface area contributed by atoms with Crippen LogP contribution in [0.3, 0.4) is 0 Å². The number of para-hydroxylation sites is 1. The van der Waals surface area contributed by atoms with Crippen molar-refractivity contribution < 1.29 is 4.92 Å². The Morgan fingerprint density at radius 2 is 1.95 bits per heavy atom. The van der Waals surface area contributed by atoms with Gasteiger partial charge in [0.05, 0.1) is 10.4 Å². The molecule has 0 atom stereocenters. The average Bonchev–Trinajstić information content (AvgIpc) is 2.53. The zero-order valence-electron chi connectivity index (χ0n) is 12.0. The van der Waals surface area contributed by atoms with Gasteiger partial charge in [0, 0.05) is 33.9 Å². The summed E-state index contributed by atoms with van der Waals surface area (Å²) in [6.45, 7) is 1.80. The lowest BCUT2D eigenvalue weighted by Gasteiger charge is -2.08. The molecule has 0 aliphatic heterocycles. The standard InChI is InChI=1S/C17H14N2O2S/c1-12-13(5-4-8-16(12)19(20)21)11-22-17-9-10-18-15-7-3-2-6-14(15)17/h2-10H,11H2,1H3. The van der Waals surface area contributed by atoms with Crippen molar-refractivity contribution in [1.82, 2.24) is 4.98 Å². The van der Waals surface area contributed by atoms with Crippen LogP contribution in [-0.2, 0) is 5.75 Å². The zero-order chi connectivity index (χ0) is 15.5. The number of hydrogen-bond acceptors (Lipinski definition) is 4. The Hall–Kier alpha value is -2.40. The Morgan fingerprint density at radius 1 is 1.14 bits per heavy atom. The smallest absolute Gasteiger partial charge is 0.258 e. The van der Waals surface area contributed by atoms with Crippen LogP contribution in [0.5, 0.6) is 0 Å². The van der Waals surface area contributed by atoms with Gasteiger partial charge in [0.2, 0.25) is 0 Å². The molecule has 3 aromatic rings.